The van der Waals surface area contributed by atoms with Crippen LogP contribution in [-0.2, 0) is 17.5 Å². The molecule has 0 radical (unpaired) electrons. The Morgan fingerprint density at radius 1 is 1.29 bits per heavy atom. The third kappa shape index (κ3) is 5.24. The quantitative estimate of drug-likeness (QED) is 0.894. The number of carbonyl (C=O) groups excluding carboxylic acids is 1. The van der Waals surface area contributed by atoms with E-state index in [1.54, 1.807) is 13.8 Å². The summed E-state index contributed by atoms with van der Waals surface area (Å²) in [5, 5.41) is 6.65. The third-order valence-corrected chi connectivity index (χ3v) is 4.62. The van der Waals surface area contributed by atoms with Crippen LogP contribution in [0.5, 0.6) is 0 Å². The van der Waals surface area contributed by atoms with Gasteiger partial charge in [-0.1, -0.05) is 39.0 Å². The zero-order valence-corrected chi connectivity index (χ0v) is 14.3. The minimum Gasteiger partial charge on any atom is -0.353 e. The molecule has 0 unspecified atom stereocenters. The monoisotopic (exact) mass is 345 g/mol. The fourth-order valence-electron chi connectivity index (χ4n) is 3.12. The van der Waals surface area contributed by atoms with Crippen LogP contribution < -0.4 is 5.32 Å². The maximum Gasteiger partial charge on any atom is 0.435 e. The molecule has 7 heteroatoms. The average Bonchev–Trinajstić information content (AvgIpc) is 2.83. The van der Waals surface area contributed by atoms with Gasteiger partial charge in [-0.25, -0.2) is 0 Å². The summed E-state index contributed by atoms with van der Waals surface area (Å²) in [6.45, 7) is 3.45. The fraction of sp³-hybridized carbons (Fsp3) is 0.765. The van der Waals surface area contributed by atoms with Gasteiger partial charge < -0.3 is 5.32 Å². The molecule has 1 aliphatic carbocycles. The summed E-state index contributed by atoms with van der Waals surface area (Å²) in [5.74, 6) is -0.529. The van der Waals surface area contributed by atoms with Gasteiger partial charge in [0.15, 0.2) is 5.69 Å². The van der Waals surface area contributed by atoms with E-state index in [-0.39, 0.29) is 18.5 Å². The van der Waals surface area contributed by atoms with E-state index >= 15 is 0 Å². The van der Waals surface area contributed by atoms with Crippen molar-refractivity contribution in [2.75, 3.05) is 0 Å². The molecule has 1 aromatic rings. The molecule has 1 aliphatic rings. The molecule has 1 aromatic heterocycles. The van der Waals surface area contributed by atoms with Crippen LogP contribution in [0.1, 0.15) is 63.3 Å². The highest BCUT2D eigenvalue weighted by Gasteiger charge is 2.34. The minimum absolute atomic E-state index is 0.107. The van der Waals surface area contributed by atoms with E-state index < -0.39 is 17.8 Å². The van der Waals surface area contributed by atoms with Crippen LogP contribution in [-0.4, -0.2) is 21.7 Å². The topological polar surface area (TPSA) is 46.9 Å². The number of carbonyl (C=O) groups is 1. The molecule has 2 rings (SSSR count). The molecule has 1 N–H and O–H groups in total. The van der Waals surface area contributed by atoms with Crippen molar-refractivity contribution < 1.29 is 18.0 Å². The van der Waals surface area contributed by atoms with Gasteiger partial charge in [0.05, 0.1) is 12.5 Å². The van der Waals surface area contributed by atoms with Crippen molar-refractivity contribution in [2.45, 2.75) is 77.6 Å². The van der Waals surface area contributed by atoms with Crippen molar-refractivity contribution >= 4 is 5.91 Å². The van der Waals surface area contributed by atoms with Crippen molar-refractivity contribution in [1.82, 2.24) is 15.1 Å². The predicted molar refractivity (Wildman–Crippen MR) is 85.4 cm³/mol. The molecular formula is C17H26F3N3O. The van der Waals surface area contributed by atoms with E-state index in [1.807, 2.05) is 0 Å². The molecule has 1 heterocycles. The number of hydrogen-bond acceptors (Lipinski definition) is 2. The van der Waals surface area contributed by atoms with E-state index in [2.05, 4.69) is 10.4 Å². The molecule has 0 saturated heterocycles. The van der Waals surface area contributed by atoms with E-state index in [0.717, 1.165) is 31.7 Å². The smallest absolute Gasteiger partial charge is 0.353 e. The number of nitrogens with one attached hydrogen (secondary N) is 1. The molecule has 0 bridgehead atoms. The number of amides is 1. The molecule has 0 aromatic carbocycles. The molecule has 1 saturated carbocycles. The molecule has 0 aliphatic heterocycles. The lowest BCUT2D eigenvalue weighted by atomic mass is 9.96. The Hall–Kier alpha value is -1.53. The lowest BCUT2D eigenvalue weighted by molar-refractivity contribution is -0.141. The van der Waals surface area contributed by atoms with Gasteiger partial charge in [-0.15, -0.1) is 0 Å². The Bertz CT molecular complexity index is 546. The van der Waals surface area contributed by atoms with Crippen LogP contribution in [0.15, 0.2) is 6.07 Å². The molecule has 1 amide bonds. The van der Waals surface area contributed by atoms with Crippen LogP contribution in [0, 0.1) is 12.8 Å². The number of alkyl halides is 3. The third-order valence-electron chi connectivity index (χ3n) is 4.62. The van der Waals surface area contributed by atoms with Crippen molar-refractivity contribution in [3.63, 3.8) is 0 Å². The molecule has 4 nitrogen and oxygen atoms in total. The largest absolute Gasteiger partial charge is 0.435 e. The van der Waals surface area contributed by atoms with Gasteiger partial charge in [-0.05, 0) is 25.8 Å². The highest BCUT2D eigenvalue weighted by atomic mass is 19.4. The van der Waals surface area contributed by atoms with Gasteiger partial charge in [0.1, 0.15) is 0 Å². The van der Waals surface area contributed by atoms with Crippen molar-refractivity contribution in [1.29, 1.82) is 0 Å². The van der Waals surface area contributed by atoms with Gasteiger partial charge in [-0.2, -0.15) is 18.3 Å². The first-order valence-electron chi connectivity index (χ1n) is 8.69. The second-order valence-electron chi connectivity index (χ2n) is 6.80. The second-order valence-corrected chi connectivity index (χ2v) is 6.80. The number of aromatic nitrogens is 2. The maximum absolute atomic E-state index is 12.7. The van der Waals surface area contributed by atoms with Crippen LogP contribution in [0.2, 0.25) is 0 Å². The van der Waals surface area contributed by atoms with Crippen molar-refractivity contribution in [3.8, 4) is 0 Å². The number of aryl methyl sites for hydroxylation is 1. The number of halogens is 3. The standard InChI is InChI=1S/C17H26F3N3O/c1-12(11-23-13(2)10-15(22-23)17(18,19)20)16(24)21-14-8-6-4-3-5-7-9-14/h10,12,14H,3-9,11H2,1-2H3,(H,21,24)/t12-/m1/s1. The molecular weight excluding hydrogens is 319 g/mol. The normalized spacial score (nSPS) is 18.7. The van der Waals surface area contributed by atoms with Gasteiger partial charge in [0.2, 0.25) is 5.91 Å². The molecule has 136 valence electrons. The number of nitrogens with zero attached hydrogens (tertiary/aromatic N) is 2. The lowest BCUT2D eigenvalue weighted by Gasteiger charge is -2.23. The Kier molecular flexibility index (Phi) is 6.29. The minimum atomic E-state index is -4.46. The maximum atomic E-state index is 12.7. The van der Waals surface area contributed by atoms with Gasteiger partial charge >= 0.3 is 6.18 Å². The lowest BCUT2D eigenvalue weighted by Crippen LogP contribution is -2.39. The summed E-state index contributed by atoms with van der Waals surface area (Å²) in [6.07, 6.45) is 3.41. The summed E-state index contributed by atoms with van der Waals surface area (Å²) >= 11 is 0. The van der Waals surface area contributed by atoms with Crippen molar-refractivity contribution in [2.24, 2.45) is 5.92 Å². The average molecular weight is 345 g/mol. The summed E-state index contributed by atoms with van der Waals surface area (Å²) in [5.41, 5.74) is -0.499. The van der Waals surface area contributed by atoms with Crippen LogP contribution in [0.4, 0.5) is 13.2 Å². The van der Waals surface area contributed by atoms with Gasteiger partial charge in [0.25, 0.3) is 0 Å². The predicted octanol–water partition coefficient (Wildman–Crippen LogP) is 4.08. The number of rotatable bonds is 4. The Morgan fingerprint density at radius 3 is 2.42 bits per heavy atom. The van der Waals surface area contributed by atoms with E-state index in [4.69, 9.17) is 0 Å². The zero-order chi connectivity index (χ0) is 17.7. The van der Waals surface area contributed by atoms with Crippen LogP contribution in [0.25, 0.3) is 0 Å². The first-order valence-corrected chi connectivity index (χ1v) is 8.69. The van der Waals surface area contributed by atoms with Crippen LogP contribution >= 0.6 is 0 Å². The fourth-order valence-corrected chi connectivity index (χ4v) is 3.12. The summed E-state index contributed by atoms with van der Waals surface area (Å²) in [6, 6.07) is 1.20. The molecule has 1 fully saturated rings. The zero-order valence-electron chi connectivity index (χ0n) is 14.3. The van der Waals surface area contributed by atoms with E-state index in [1.165, 1.54) is 23.9 Å². The van der Waals surface area contributed by atoms with Gasteiger partial charge in [0, 0.05) is 11.7 Å². The van der Waals surface area contributed by atoms with E-state index in [0.29, 0.717) is 5.69 Å². The summed E-state index contributed by atoms with van der Waals surface area (Å²) < 4.78 is 39.4. The molecule has 0 spiro atoms. The molecule has 24 heavy (non-hydrogen) atoms. The number of hydrogen-bond donors (Lipinski definition) is 1. The highest BCUT2D eigenvalue weighted by Crippen LogP contribution is 2.28. The Morgan fingerprint density at radius 2 is 1.88 bits per heavy atom. The Labute approximate surface area is 140 Å². The van der Waals surface area contributed by atoms with E-state index in [9.17, 15) is 18.0 Å². The summed E-state index contributed by atoms with van der Waals surface area (Å²) in [4.78, 5) is 12.4. The second kappa shape index (κ2) is 8.03. The first kappa shape index (κ1) is 18.8. The van der Waals surface area contributed by atoms with Crippen molar-refractivity contribution in [3.05, 3.63) is 17.5 Å². The summed E-state index contributed by atoms with van der Waals surface area (Å²) in [7, 11) is 0. The Balaban J connectivity index is 1.92. The molecule has 1 atom stereocenters. The van der Waals surface area contributed by atoms with Gasteiger partial charge in [-0.3, -0.25) is 9.48 Å². The SMILES string of the molecule is Cc1cc(C(F)(F)F)nn1C[C@@H](C)C(=O)NC1CCCCCCC1. The van der Waals surface area contributed by atoms with Crippen LogP contribution in [0.3, 0.4) is 0 Å². The highest BCUT2D eigenvalue weighted by molar-refractivity contribution is 5.78. The first-order chi connectivity index (χ1) is 11.3.